The number of urea groups is 1. The summed E-state index contributed by atoms with van der Waals surface area (Å²) >= 11 is 0. The number of nitrogens with one attached hydrogen (secondary N) is 1. The minimum absolute atomic E-state index is 0.00360. The Morgan fingerprint density at radius 2 is 2.17 bits per heavy atom. The Kier molecular flexibility index (Phi) is 5.80. The van der Waals surface area contributed by atoms with Crippen molar-refractivity contribution in [3.05, 3.63) is 23.8 Å². The number of fused-ring (bicyclic) bond motifs is 1. The number of ether oxygens (including phenoxy) is 3. The molecule has 132 valence electrons. The Labute approximate surface area is 143 Å². The van der Waals surface area contributed by atoms with Crippen molar-refractivity contribution >= 4 is 6.03 Å². The molecule has 1 N–H and O–H groups in total. The summed E-state index contributed by atoms with van der Waals surface area (Å²) in [5.41, 5.74) is 1.11. The quantitative estimate of drug-likeness (QED) is 0.813. The van der Waals surface area contributed by atoms with E-state index in [4.69, 9.17) is 14.2 Å². The number of hydrogen-bond donors (Lipinski definition) is 1. The van der Waals surface area contributed by atoms with Crippen molar-refractivity contribution < 1.29 is 19.0 Å². The van der Waals surface area contributed by atoms with Crippen LogP contribution in [0.3, 0.4) is 0 Å². The standard InChI is InChI=1S/C18H26N2O4/c1-2-22-10-4-8-19-18(21)20-9-3-5-15(20)14-6-7-16-17(13-14)24-12-11-23-16/h6-7,13,15H,2-5,8-12H2,1H3,(H,19,21). The summed E-state index contributed by atoms with van der Waals surface area (Å²) in [5.74, 6) is 1.57. The minimum atomic E-state index is 0.00360. The van der Waals surface area contributed by atoms with E-state index in [9.17, 15) is 4.79 Å². The number of amides is 2. The van der Waals surface area contributed by atoms with Crippen LogP contribution in [0.2, 0.25) is 0 Å². The van der Waals surface area contributed by atoms with E-state index in [2.05, 4.69) is 5.32 Å². The molecule has 1 unspecified atom stereocenters. The number of carbonyl (C=O) groups excluding carboxylic acids is 1. The Balaban J connectivity index is 1.59. The summed E-state index contributed by atoms with van der Waals surface area (Å²) in [4.78, 5) is 14.4. The maximum Gasteiger partial charge on any atom is 0.317 e. The van der Waals surface area contributed by atoms with Crippen LogP contribution in [0.15, 0.2) is 18.2 Å². The van der Waals surface area contributed by atoms with E-state index in [1.807, 2.05) is 30.0 Å². The topological polar surface area (TPSA) is 60.0 Å². The summed E-state index contributed by atoms with van der Waals surface area (Å²) in [6.45, 7) is 5.96. The monoisotopic (exact) mass is 334 g/mol. The van der Waals surface area contributed by atoms with Gasteiger partial charge in [0.1, 0.15) is 13.2 Å². The summed E-state index contributed by atoms with van der Waals surface area (Å²) in [7, 11) is 0. The third kappa shape index (κ3) is 3.93. The zero-order valence-corrected chi connectivity index (χ0v) is 14.3. The number of nitrogens with zero attached hydrogens (tertiary/aromatic N) is 1. The summed E-state index contributed by atoms with van der Waals surface area (Å²) in [6, 6.07) is 6.11. The molecule has 2 aliphatic rings. The van der Waals surface area contributed by atoms with Gasteiger partial charge in [-0.25, -0.2) is 4.79 Å². The Morgan fingerprint density at radius 3 is 3.00 bits per heavy atom. The van der Waals surface area contributed by atoms with Crippen molar-refractivity contribution in [3.8, 4) is 11.5 Å². The highest BCUT2D eigenvalue weighted by atomic mass is 16.6. The summed E-state index contributed by atoms with van der Waals surface area (Å²) < 4.78 is 16.5. The largest absolute Gasteiger partial charge is 0.486 e. The lowest BCUT2D eigenvalue weighted by molar-refractivity contribution is 0.143. The number of likely N-dealkylation sites (tertiary alicyclic amines) is 1. The van der Waals surface area contributed by atoms with Gasteiger partial charge in [-0.05, 0) is 43.9 Å². The first-order valence-corrected chi connectivity index (χ1v) is 8.81. The number of carbonyl (C=O) groups is 1. The van der Waals surface area contributed by atoms with Crippen molar-refractivity contribution in [2.75, 3.05) is 39.5 Å². The lowest BCUT2D eigenvalue weighted by Crippen LogP contribution is -2.40. The predicted octanol–water partition coefficient (Wildman–Crippen LogP) is 2.73. The van der Waals surface area contributed by atoms with Gasteiger partial charge in [0.2, 0.25) is 0 Å². The summed E-state index contributed by atoms with van der Waals surface area (Å²) in [6.07, 6.45) is 2.83. The molecule has 2 aliphatic heterocycles. The molecule has 2 heterocycles. The second-order valence-electron chi connectivity index (χ2n) is 6.04. The van der Waals surface area contributed by atoms with E-state index < -0.39 is 0 Å². The first-order chi connectivity index (χ1) is 11.8. The van der Waals surface area contributed by atoms with Crippen molar-refractivity contribution in [1.29, 1.82) is 0 Å². The minimum Gasteiger partial charge on any atom is -0.486 e. The van der Waals surface area contributed by atoms with Gasteiger partial charge in [-0.3, -0.25) is 0 Å². The van der Waals surface area contributed by atoms with Gasteiger partial charge >= 0.3 is 6.03 Å². The van der Waals surface area contributed by atoms with Crippen LogP contribution in [0.1, 0.15) is 37.8 Å². The van der Waals surface area contributed by atoms with Crippen LogP contribution in [0.25, 0.3) is 0 Å². The molecule has 0 bridgehead atoms. The maximum absolute atomic E-state index is 12.5. The fourth-order valence-corrected chi connectivity index (χ4v) is 3.24. The molecule has 0 saturated carbocycles. The SMILES string of the molecule is CCOCCCNC(=O)N1CCCC1c1ccc2c(c1)OCCO2. The van der Waals surface area contributed by atoms with Crippen LogP contribution < -0.4 is 14.8 Å². The van der Waals surface area contributed by atoms with Crippen LogP contribution in [0.4, 0.5) is 4.79 Å². The fourth-order valence-electron chi connectivity index (χ4n) is 3.24. The Bertz CT molecular complexity index is 564. The molecule has 0 aliphatic carbocycles. The van der Waals surface area contributed by atoms with Crippen LogP contribution in [0.5, 0.6) is 11.5 Å². The average Bonchev–Trinajstić information content (AvgIpc) is 3.11. The second-order valence-corrected chi connectivity index (χ2v) is 6.04. The third-order valence-electron chi connectivity index (χ3n) is 4.41. The van der Waals surface area contributed by atoms with Gasteiger partial charge in [0.25, 0.3) is 0 Å². The number of hydrogen-bond acceptors (Lipinski definition) is 4. The molecule has 1 saturated heterocycles. The fraction of sp³-hybridized carbons (Fsp3) is 0.611. The second kappa shape index (κ2) is 8.24. The molecule has 0 aromatic heterocycles. The highest BCUT2D eigenvalue weighted by Crippen LogP contribution is 2.37. The molecule has 1 atom stereocenters. The molecule has 1 fully saturated rings. The van der Waals surface area contributed by atoms with Crippen molar-refractivity contribution in [3.63, 3.8) is 0 Å². The van der Waals surface area contributed by atoms with Crippen LogP contribution in [-0.4, -0.2) is 50.4 Å². The first kappa shape index (κ1) is 16.9. The Morgan fingerprint density at radius 1 is 1.33 bits per heavy atom. The van der Waals surface area contributed by atoms with Crippen molar-refractivity contribution in [2.45, 2.75) is 32.2 Å². The van der Waals surface area contributed by atoms with E-state index in [0.717, 1.165) is 42.9 Å². The van der Waals surface area contributed by atoms with Crippen LogP contribution in [0, 0.1) is 0 Å². The third-order valence-corrected chi connectivity index (χ3v) is 4.41. The highest BCUT2D eigenvalue weighted by Gasteiger charge is 2.30. The van der Waals surface area contributed by atoms with Crippen molar-refractivity contribution in [1.82, 2.24) is 10.2 Å². The van der Waals surface area contributed by atoms with E-state index in [-0.39, 0.29) is 12.1 Å². The molecule has 6 nitrogen and oxygen atoms in total. The molecule has 1 aromatic carbocycles. The summed E-state index contributed by atoms with van der Waals surface area (Å²) in [5, 5.41) is 3.00. The van der Waals surface area contributed by atoms with Crippen LogP contribution in [-0.2, 0) is 4.74 Å². The van der Waals surface area contributed by atoms with Gasteiger partial charge in [0, 0.05) is 26.3 Å². The van der Waals surface area contributed by atoms with Gasteiger partial charge in [-0.2, -0.15) is 0 Å². The zero-order valence-electron chi connectivity index (χ0n) is 14.3. The zero-order chi connectivity index (χ0) is 16.8. The lowest BCUT2D eigenvalue weighted by atomic mass is 10.0. The van der Waals surface area contributed by atoms with Gasteiger partial charge in [-0.1, -0.05) is 6.07 Å². The van der Waals surface area contributed by atoms with E-state index in [1.165, 1.54) is 0 Å². The normalized spacial score (nSPS) is 19.4. The molecule has 3 rings (SSSR count). The molecular formula is C18H26N2O4. The van der Waals surface area contributed by atoms with E-state index in [1.54, 1.807) is 0 Å². The molecule has 24 heavy (non-hydrogen) atoms. The first-order valence-electron chi connectivity index (χ1n) is 8.81. The van der Waals surface area contributed by atoms with Gasteiger partial charge in [0.15, 0.2) is 11.5 Å². The van der Waals surface area contributed by atoms with E-state index in [0.29, 0.717) is 33.0 Å². The molecule has 2 amide bonds. The van der Waals surface area contributed by atoms with Gasteiger partial charge in [0.05, 0.1) is 6.04 Å². The van der Waals surface area contributed by atoms with Gasteiger partial charge < -0.3 is 24.4 Å². The van der Waals surface area contributed by atoms with Crippen molar-refractivity contribution in [2.24, 2.45) is 0 Å². The van der Waals surface area contributed by atoms with Gasteiger partial charge in [-0.15, -0.1) is 0 Å². The molecule has 0 spiro atoms. The molecule has 0 radical (unpaired) electrons. The predicted molar refractivity (Wildman–Crippen MR) is 90.6 cm³/mol. The maximum atomic E-state index is 12.5. The highest BCUT2D eigenvalue weighted by molar-refractivity contribution is 5.75. The smallest absolute Gasteiger partial charge is 0.317 e. The molecular weight excluding hydrogens is 308 g/mol. The van der Waals surface area contributed by atoms with E-state index >= 15 is 0 Å². The Hall–Kier alpha value is -1.95. The van der Waals surface area contributed by atoms with Crippen LogP contribution >= 0.6 is 0 Å². The number of rotatable bonds is 6. The average molecular weight is 334 g/mol. The lowest BCUT2D eigenvalue weighted by Gasteiger charge is -2.27. The molecule has 1 aromatic rings. The molecule has 6 heteroatoms. The number of benzene rings is 1.